The van der Waals surface area contributed by atoms with Gasteiger partial charge in [-0.05, 0) is 19.3 Å². The highest BCUT2D eigenvalue weighted by molar-refractivity contribution is 5.75. The minimum atomic E-state index is 0.114. The van der Waals surface area contributed by atoms with Gasteiger partial charge in [-0.2, -0.15) is 0 Å². The zero-order chi connectivity index (χ0) is 8.97. The van der Waals surface area contributed by atoms with Crippen LogP contribution in [-0.4, -0.2) is 17.4 Å². The summed E-state index contributed by atoms with van der Waals surface area (Å²) in [6.45, 7) is 5.87. The Bertz CT molecular complexity index is 218. The van der Waals surface area contributed by atoms with Crippen molar-refractivity contribution < 1.29 is 4.79 Å². The third kappa shape index (κ3) is 1.97. The van der Waals surface area contributed by atoms with E-state index in [-0.39, 0.29) is 5.91 Å². The van der Waals surface area contributed by atoms with Crippen LogP contribution in [0.4, 0.5) is 0 Å². The summed E-state index contributed by atoms with van der Waals surface area (Å²) >= 11 is 0. The van der Waals surface area contributed by atoms with Gasteiger partial charge in [0.2, 0.25) is 5.91 Å². The molecule has 0 aromatic rings. The van der Waals surface area contributed by atoms with Gasteiger partial charge in [0.15, 0.2) is 0 Å². The van der Waals surface area contributed by atoms with Crippen LogP contribution < -0.4 is 0 Å². The maximum atomic E-state index is 11.2. The lowest BCUT2D eigenvalue weighted by molar-refractivity contribution is -0.126. The second kappa shape index (κ2) is 4.10. The van der Waals surface area contributed by atoms with Crippen LogP contribution in [-0.2, 0) is 4.79 Å². The zero-order valence-electron chi connectivity index (χ0n) is 7.55. The fraction of sp³-hybridized carbons (Fsp3) is 0.500. The Kier molecular flexibility index (Phi) is 3.09. The number of carbonyl (C=O) groups is 1. The van der Waals surface area contributed by atoms with Gasteiger partial charge in [-0.25, -0.2) is 0 Å². The first-order valence-corrected chi connectivity index (χ1v) is 4.33. The molecule has 1 aliphatic carbocycles. The van der Waals surface area contributed by atoms with E-state index < -0.39 is 0 Å². The Labute approximate surface area is 73.6 Å². The molecule has 1 amide bonds. The number of hydrogen-bond acceptors (Lipinski definition) is 1. The van der Waals surface area contributed by atoms with Gasteiger partial charge in [0.05, 0.1) is 0 Å². The number of nitrogens with zero attached hydrogens (tertiary/aromatic N) is 1. The summed E-state index contributed by atoms with van der Waals surface area (Å²) in [5.41, 5.74) is 1.17. The summed E-state index contributed by atoms with van der Waals surface area (Å²) in [5, 5.41) is 0. The SMILES string of the molecule is C=CCN(C(C)=O)C1=CCCC1. The first-order valence-electron chi connectivity index (χ1n) is 4.33. The highest BCUT2D eigenvalue weighted by Gasteiger charge is 2.14. The molecule has 1 aliphatic rings. The summed E-state index contributed by atoms with van der Waals surface area (Å²) < 4.78 is 0. The van der Waals surface area contributed by atoms with Gasteiger partial charge in [-0.1, -0.05) is 12.2 Å². The number of allylic oxidation sites excluding steroid dienone is 2. The van der Waals surface area contributed by atoms with E-state index in [0.717, 1.165) is 12.8 Å². The molecule has 0 aliphatic heterocycles. The summed E-state index contributed by atoms with van der Waals surface area (Å²) in [4.78, 5) is 12.9. The molecule has 0 heterocycles. The highest BCUT2D eigenvalue weighted by atomic mass is 16.2. The lowest BCUT2D eigenvalue weighted by Crippen LogP contribution is -2.27. The van der Waals surface area contributed by atoms with E-state index in [2.05, 4.69) is 12.7 Å². The van der Waals surface area contributed by atoms with Crippen LogP contribution >= 0.6 is 0 Å². The zero-order valence-corrected chi connectivity index (χ0v) is 7.55. The van der Waals surface area contributed by atoms with Gasteiger partial charge >= 0.3 is 0 Å². The Morgan fingerprint density at radius 1 is 1.83 bits per heavy atom. The van der Waals surface area contributed by atoms with Crippen LogP contribution in [0.15, 0.2) is 24.4 Å². The van der Waals surface area contributed by atoms with Crippen molar-refractivity contribution >= 4 is 5.91 Å². The summed E-state index contributed by atoms with van der Waals surface area (Å²) in [6.07, 6.45) is 7.23. The van der Waals surface area contributed by atoms with Crippen molar-refractivity contribution in [2.45, 2.75) is 26.2 Å². The predicted molar refractivity (Wildman–Crippen MR) is 49.5 cm³/mol. The quantitative estimate of drug-likeness (QED) is 0.586. The molecule has 1 rings (SSSR count). The standard InChI is InChI=1S/C10H15NO/c1-3-8-11(9(2)12)10-6-4-5-7-10/h3,6H,1,4-5,7-8H2,2H3. The molecule has 0 aromatic carbocycles. The third-order valence-corrected chi connectivity index (χ3v) is 2.06. The van der Waals surface area contributed by atoms with E-state index in [4.69, 9.17) is 0 Å². The predicted octanol–water partition coefficient (Wildman–Crippen LogP) is 2.09. The molecule has 12 heavy (non-hydrogen) atoms. The lowest BCUT2D eigenvalue weighted by atomic mass is 10.3. The molecule has 0 unspecified atom stereocenters. The molecule has 2 heteroatoms. The second-order valence-electron chi connectivity index (χ2n) is 3.01. The average Bonchev–Trinajstić information content (AvgIpc) is 2.51. The molecule has 0 bridgehead atoms. The fourth-order valence-electron chi connectivity index (χ4n) is 1.48. The molecule has 0 aromatic heterocycles. The van der Waals surface area contributed by atoms with Crippen LogP contribution in [0.1, 0.15) is 26.2 Å². The molecule has 66 valence electrons. The largest absolute Gasteiger partial charge is 0.313 e. The summed E-state index contributed by atoms with van der Waals surface area (Å²) in [5.74, 6) is 0.114. The Morgan fingerprint density at radius 2 is 2.58 bits per heavy atom. The molecule has 0 spiro atoms. The van der Waals surface area contributed by atoms with Crippen LogP contribution in [0, 0.1) is 0 Å². The van der Waals surface area contributed by atoms with Crippen LogP contribution in [0.5, 0.6) is 0 Å². The van der Waals surface area contributed by atoms with Gasteiger partial charge in [0, 0.05) is 19.2 Å². The lowest BCUT2D eigenvalue weighted by Gasteiger charge is -2.20. The van der Waals surface area contributed by atoms with Crippen molar-refractivity contribution in [2.24, 2.45) is 0 Å². The highest BCUT2D eigenvalue weighted by Crippen LogP contribution is 2.21. The fourth-order valence-corrected chi connectivity index (χ4v) is 1.48. The van der Waals surface area contributed by atoms with Crippen molar-refractivity contribution in [2.75, 3.05) is 6.54 Å². The Balaban J connectivity index is 2.64. The number of rotatable bonds is 3. The van der Waals surface area contributed by atoms with E-state index in [9.17, 15) is 4.79 Å². The van der Waals surface area contributed by atoms with Crippen molar-refractivity contribution in [1.82, 2.24) is 4.90 Å². The molecule has 0 saturated carbocycles. The van der Waals surface area contributed by atoms with Gasteiger partial charge < -0.3 is 4.90 Å². The molecule has 0 atom stereocenters. The van der Waals surface area contributed by atoms with Crippen molar-refractivity contribution in [1.29, 1.82) is 0 Å². The molecule has 0 N–H and O–H groups in total. The van der Waals surface area contributed by atoms with Crippen molar-refractivity contribution in [3.63, 3.8) is 0 Å². The van der Waals surface area contributed by atoms with Crippen molar-refractivity contribution in [3.05, 3.63) is 24.4 Å². The van der Waals surface area contributed by atoms with Gasteiger partial charge in [-0.15, -0.1) is 6.58 Å². The van der Waals surface area contributed by atoms with Crippen LogP contribution in [0.2, 0.25) is 0 Å². The van der Waals surface area contributed by atoms with E-state index in [0.29, 0.717) is 6.54 Å². The first kappa shape index (κ1) is 9.04. The second-order valence-corrected chi connectivity index (χ2v) is 3.01. The van der Waals surface area contributed by atoms with E-state index in [1.54, 1.807) is 17.9 Å². The molecule has 0 radical (unpaired) electrons. The maximum absolute atomic E-state index is 11.2. The minimum absolute atomic E-state index is 0.114. The minimum Gasteiger partial charge on any atom is -0.313 e. The van der Waals surface area contributed by atoms with Gasteiger partial charge in [0.1, 0.15) is 0 Å². The van der Waals surface area contributed by atoms with Gasteiger partial charge in [0.25, 0.3) is 0 Å². The monoisotopic (exact) mass is 165 g/mol. The molecular weight excluding hydrogens is 150 g/mol. The topological polar surface area (TPSA) is 20.3 Å². The Hall–Kier alpha value is -1.05. The van der Waals surface area contributed by atoms with Crippen LogP contribution in [0.3, 0.4) is 0 Å². The van der Waals surface area contributed by atoms with E-state index in [1.165, 1.54) is 12.1 Å². The van der Waals surface area contributed by atoms with Gasteiger partial charge in [-0.3, -0.25) is 4.79 Å². The smallest absolute Gasteiger partial charge is 0.223 e. The molecular formula is C10H15NO. The maximum Gasteiger partial charge on any atom is 0.223 e. The average molecular weight is 165 g/mol. The molecule has 0 fully saturated rings. The third-order valence-electron chi connectivity index (χ3n) is 2.06. The first-order chi connectivity index (χ1) is 5.75. The number of hydrogen-bond donors (Lipinski definition) is 0. The molecule has 2 nitrogen and oxygen atoms in total. The Morgan fingerprint density at radius 3 is 3.00 bits per heavy atom. The normalized spacial score (nSPS) is 15.6. The number of amides is 1. The van der Waals surface area contributed by atoms with Crippen molar-refractivity contribution in [3.8, 4) is 0 Å². The summed E-state index contributed by atoms with van der Waals surface area (Å²) in [6, 6.07) is 0. The number of carbonyl (C=O) groups excluding carboxylic acids is 1. The summed E-state index contributed by atoms with van der Waals surface area (Å²) in [7, 11) is 0. The van der Waals surface area contributed by atoms with Crippen LogP contribution in [0.25, 0.3) is 0 Å². The van der Waals surface area contributed by atoms with E-state index in [1.807, 2.05) is 0 Å². The molecule has 0 saturated heterocycles. The van der Waals surface area contributed by atoms with E-state index >= 15 is 0 Å².